The van der Waals surface area contributed by atoms with E-state index in [0.29, 0.717) is 0 Å². The molecule has 3 atom stereocenters. The molecule has 2 aliphatic heterocycles. The van der Waals surface area contributed by atoms with Gasteiger partial charge in [0, 0.05) is 6.54 Å². The number of aldehydes is 1. The first-order valence-corrected chi connectivity index (χ1v) is 3.44. The standard InChI is InChI=1S/C7H10NO/c9-5-7-3-6-1-2-8(7)4-6/h3,5-7H,1-2,4H2. The predicted molar refractivity (Wildman–Crippen MR) is 33.8 cm³/mol. The molecule has 1 radical (unpaired) electrons. The van der Waals surface area contributed by atoms with Crippen LogP contribution in [0.3, 0.4) is 0 Å². The van der Waals surface area contributed by atoms with Gasteiger partial charge in [0.2, 0.25) is 0 Å². The summed E-state index contributed by atoms with van der Waals surface area (Å²) in [5.41, 5.74) is 0. The monoisotopic (exact) mass is 124 g/mol. The van der Waals surface area contributed by atoms with Crippen LogP contribution in [-0.4, -0.2) is 30.3 Å². The van der Waals surface area contributed by atoms with Gasteiger partial charge >= 0.3 is 0 Å². The summed E-state index contributed by atoms with van der Waals surface area (Å²) in [6.07, 6.45) is 4.47. The highest BCUT2D eigenvalue weighted by atomic mass is 16.1. The van der Waals surface area contributed by atoms with Crippen LogP contribution in [0.25, 0.3) is 0 Å². The third-order valence-electron chi connectivity index (χ3n) is 2.29. The summed E-state index contributed by atoms with van der Waals surface area (Å²) in [5, 5.41) is 0. The third-order valence-corrected chi connectivity index (χ3v) is 2.29. The van der Waals surface area contributed by atoms with Crippen molar-refractivity contribution in [3.05, 3.63) is 6.42 Å². The number of carbonyl (C=O) groups is 1. The lowest BCUT2D eigenvalue weighted by atomic mass is 10.0. The molecular weight excluding hydrogens is 114 g/mol. The second-order valence-electron chi connectivity index (χ2n) is 2.86. The predicted octanol–water partition coefficient (Wildman–Crippen LogP) is 0.0937. The first kappa shape index (κ1) is 5.42. The fourth-order valence-electron chi connectivity index (χ4n) is 1.78. The molecule has 0 amide bonds. The normalized spacial score (nSPS) is 47.8. The number of piperidine rings is 1. The first-order valence-electron chi connectivity index (χ1n) is 3.44. The van der Waals surface area contributed by atoms with Crippen LogP contribution in [0.2, 0.25) is 0 Å². The maximum absolute atomic E-state index is 10.3. The summed E-state index contributed by atoms with van der Waals surface area (Å²) in [4.78, 5) is 12.6. The Hall–Kier alpha value is -0.370. The van der Waals surface area contributed by atoms with Gasteiger partial charge in [-0.25, -0.2) is 0 Å². The molecule has 2 heterocycles. The lowest BCUT2D eigenvalue weighted by Gasteiger charge is -2.17. The highest BCUT2D eigenvalue weighted by Crippen LogP contribution is 2.30. The molecule has 0 saturated carbocycles. The molecule has 2 heteroatoms. The van der Waals surface area contributed by atoms with Crippen molar-refractivity contribution in [1.29, 1.82) is 0 Å². The molecule has 2 bridgehead atoms. The number of carbonyl (C=O) groups excluding carboxylic acids is 1. The van der Waals surface area contributed by atoms with E-state index in [-0.39, 0.29) is 6.04 Å². The molecule has 0 spiro atoms. The van der Waals surface area contributed by atoms with Crippen molar-refractivity contribution in [1.82, 2.24) is 4.90 Å². The van der Waals surface area contributed by atoms with E-state index < -0.39 is 0 Å². The minimum absolute atomic E-state index is 0.156. The van der Waals surface area contributed by atoms with Crippen LogP contribution < -0.4 is 0 Å². The van der Waals surface area contributed by atoms with Crippen molar-refractivity contribution in [2.24, 2.45) is 5.92 Å². The Bertz CT molecular complexity index is 135. The fraction of sp³-hybridized carbons (Fsp3) is 0.714. The Balaban J connectivity index is 2.09. The quantitative estimate of drug-likeness (QED) is 0.462. The zero-order valence-corrected chi connectivity index (χ0v) is 5.29. The molecule has 2 nitrogen and oxygen atoms in total. The van der Waals surface area contributed by atoms with Crippen molar-refractivity contribution in [2.75, 3.05) is 13.1 Å². The van der Waals surface area contributed by atoms with Crippen LogP contribution in [0, 0.1) is 12.3 Å². The number of hydrogen-bond acceptors (Lipinski definition) is 2. The number of rotatable bonds is 1. The molecule has 0 aromatic heterocycles. The molecule has 0 aliphatic carbocycles. The van der Waals surface area contributed by atoms with E-state index in [4.69, 9.17) is 0 Å². The van der Waals surface area contributed by atoms with Gasteiger partial charge < -0.3 is 4.79 Å². The molecule has 2 saturated heterocycles. The van der Waals surface area contributed by atoms with Crippen LogP contribution in [0.4, 0.5) is 0 Å². The summed E-state index contributed by atoms with van der Waals surface area (Å²) >= 11 is 0. The van der Waals surface area contributed by atoms with E-state index >= 15 is 0 Å². The van der Waals surface area contributed by atoms with E-state index in [1.54, 1.807) is 0 Å². The van der Waals surface area contributed by atoms with Crippen LogP contribution in [0.1, 0.15) is 6.42 Å². The van der Waals surface area contributed by atoms with Gasteiger partial charge in [-0.2, -0.15) is 0 Å². The molecule has 2 fully saturated rings. The highest BCUT2D eigenvalue weighted by molar-refractivity contribution is 5.61. The molecule has 2 rings (SSSR count). The summed E-state index contributed by atoms with van der Waals surface area (Å²) in [6.45, 7) is 2.26. The molecule has 0 aromatic carbocycles. The first-order chi connectivity index (χ1) is 4.40. The van der Waals surface area contributed by atoms with Crippen molar-refractivity contribution >= 4 is 6.29 Å². The van der Waals surface area contributed by atoms with Crippen molar-refractivity contribution in [3.63, 3.8) is 0 Å². The van der Waals surface area contributed by atoms with Gasteiger partial charge in [-0.05, 0) is 25.3 Å². The lowest BCUT2D eigenvalue weighted by Crippen LogP contribution is -2.30. The average Bonchev–Trinajstić information content (AvgIpc) is 2.45. The van der Waals surface area contributed by atoms with Gasteiger partial charge in [-0.15, -0.1) is 0 Å². The lowest BCUT2D eigenvalue weighted by molar-refractivity contribution is -0.110. The average molecular weight is 124 g/mol. The Kier molecular flexibility index (Phi) is 1.09. The molecule has 3 unspecified atom stereocenters. The van der Waals surface area contributed by atoms with E-state index in [1.807, 2.05) is 0 Å². The minimum Gasteiger partial charge on any atom is -0.302 e. The zero-order chi connectivity index (χ0) is 6.27. The number of nitrogens with zero attached hydrogens (tertiary/aromatic N) is 1. The van der Waals surface area contributed by atoms with E-state index in [2.05, 4.69) is 11.3 Å². The van der Waals surface area contributed by atoms with Gasteiger partial charge in [0.1, 0.15) is 6.29 Å². The second-order valence-corrected chi connectivity index (χ2v) is 2.86. The highest BCUT2D eigenvalue weighted by Gasteiger charge is 2.37. The van der Waals surface area contributed by atoms with E-state index in [9.17, 15) is 4.79 Å². The summed E-state index contributed by atoms with van der Waals surface area (Å²) in [7, 11) is 0. The van der Waals surface area contributed by atoms with Crippen LogP contribution in [0.5, 0.6) is 0 Å². The topological polar surface area (TPSA) is 20.3 Å². The molecule has 49 valence electrons. The van der Waals surface area contributed by atoms with Gasteiger partial charge in [-0.1, -0.05) is 0 Å². The molecule has 2 aliphatic rings. The maximum atomic E-state index is 10.3. The van der Waals surface area contributed by atoms with E-state index in [0.717, 1.165) is 25.3 Å². The Labute approximate surface area is 54.8 Å². The molecule has 0 N–H and O–H groups in total. The summed E-state index contributed by atoms with van der Waals surface area (Å²) in [5.74, 6) is 0.722. The molecule has 0 aromatic rings. The van der Waals surface area contributed by atoms with Gasteiger partial charge in [0.15, 0.2) is 0 Å². The molecule has 9 heavy (non-hydrogen) atoms. The van der Waals surface area contributed by atoms with Crippen molar-refractivity contribution < 1.29 is 4.79 Å². The largest absolute Gasteiger partial charge is 0.302 e. The van der Waals surface area contributed by atoms with Gasteiger partial charge in [0.05, 0.1) is 6.04 Å². The SMILES string of the molecule is O=CC1[CH]C2CCN1C2. The fourth-order valence-corrected chi connectivity index (χ4v) is 1.78. The zero-order valence-electron chi connectivity index (χ0n) is 5.29. The Morgan fingerprint density at radius 2 is 2.56 bits per heavy atom. The van der Waals surface area contributed by atoms with Crippen molar-refractivity contribution in [3.8, 4) is 0 Å². The maximum Gasteiger partial charge on any atom is 0.137 e. The Morgan fingerprint density at radius 3 is 2.89 bits per heavy atom. The molecular formula is C7H10NO. The summed E-state index contributed by atoms with van der Waals surface area (Å²) < 4.78 is 0. The summed E-state index contributed by atoms with van der Waals surface area (Å²) in [6, 6.07) is 0.156. The smallest absolute Gasteiger partial charge is 0.137 e. The Morgan fingerprint density at radius 1 is 1.67 bits per heavy atom. The van der Waals surface area contributed by atoms with E-state index in [1.165, 1.54) is 6.42 Å². The van der Waals surface area contributed by atoms with Crippen LogP contribution in [0.15, 0.2) is 0 Å². The van der Waals surface area contributed by atoms with Crippen molar-refractivity contribution in [2.45, 2.75) is 12.5 Å². The van der Waals surface area contributed by atoms with Crippen LogP contribution >= 0.6 is 0 Å². The van der Waals surface area contributed by atoms with Gasteiger partial charge in [-0.3, -0.25) is 4.90 Å². The van der Waals surface area contributed by atoms with Crippen LogP contribution in [-0.2, 0) is 4.79 Å². The number of fused-ring (bicyclic) bond motifs is 2. The third kappa shape index (κ3) is 0.697. The second kappa shape index (κ2) is 1.81. The minimum atomic E-state index is 0.156. The van der Waals surface area contributed by atoms with Gasteiger partial charge in [0.25, 0.3) is 0 Å². The number of hydrogen-bond donors (Lipinski definition) is 0.